The number of rotatable bonds is 7. The van der Waals surface area contributed by atoms with Gasteiger partial charge < -0.3 is 15.0 Å². The Morgan fingerprint density at radius 2 is 2.17 bits per heavy atom. The second kappa shape index (κ2) is 7.53. The highest BCUT2D eigenvalue weighted by molar-refractivity contribution is 4.65. The Balaban J connectivity index is 3.39. The van der Waals surface area contributed by atoms with E-state index in [0.717, 1.165) is 26.2 Å². The fraction of sp³-hybridized carbons (Fsp3) is 1.00. The number of nitrogens with zero attached hydrogens (tertiary/aromatic N) is 1. The van der Waals surface area contributed by atoms with E-state index in [1.165, 1.54) is 0 Å². The summed E-state index contributed by atoms with van der Waals surface area (Å²) >= 11 is 0. The van der Waals surface area contributed by atoms with Crippen molar-refractivity contribution in [1.82, 2.24) is 10.2 Å². The van der Waals surface area contributed by atoms with Crippen molar-refractivity contribution < 1.29 is 4.74 Å². The third kappa shape index (κ3) is 5.52. The largest absolute Gasteiger partial charge is 0.383 e. The van der Waals surface area contributed by atoms with Crippen LogP contribution in [-0.2, 0) is 4.74 Å². The molecule has 0 aliphatic rings. The van der Waals surface area contributed by atoms with Gasteiger partial charge in [0.1, 0.15) is 0 Å². The highest BCUT2D eigenvalue weighted by Crippen LogP contribution is 1.92. The lowest BCUT2D eigenvalue weighted by atomic mass is 10.3. The summed E-state index contributed by atoms with van der Waals surface area (Å²) < 4.78 is 5.01. The molecule has 12 heavy (non-hydrogen) atoms. The molecule has 0 radical (unpaired) electrons. The van der Waals surface area contributed by atoms with Gasteiger partial charge in [0.25, 0.3) is 0 Å². The van der Waals surface area contributed by atoms with Gasteiger partial charge in [0, 0.05) is 26.2 Å². The molecular formula is C9H22N2O. The SMILES string of the molecule is CCNCC(C)N(C)CCOC. The van der Waals surface area contributed by atoms with Crippen LogP contribution in [0.5, 0.6) is 0 Å². The maximum Gasteiger partial charge on any atom is 0.0589 e. The predicted molar refractivity (Wildman–Crippen MR) is 52.5 cm³/mol. The molecule has 3 heteroatoms. The third-order valence-corrected chi connectivity index (χ3v) is 2.09. The molecule has 0 aromatic carbocycles. The minimum Gasteiger partial charge on any atom is -0.383 e. The normalized spacial score (nSPS) is 13.8. The Bertz CT molecular complexity index is 86.5. The summed E-state index contributed by atoms with van der Waals surface area (Å²) in [6.07, 6.45) is 0. The molecule has 0 spiro atoms. The molecule has 0 saturated heterocycles. The van der Waals surface area contributed by atoms with Gasteiger partial charge in [-0.1, -0.05) is 6.92 Å². The van der Waals surface area contributed by atoms with E-state index in [4.69, 9.17) is 4.74 Å². The average Bonchev–Trinajstić information content (AvgIpc) is 2.10. The molecule has 0 aromatic rings. The molecule has 0 fully saturated rings. The minimum absolute atomic E-state index is 0.583. The zero-order valence-electron chi connectivity index (χ0n) is 8.76. The molecule has 74 valence electrons. The molecule has 0 saturated carbocycles. The third-order valence-electron chi connectivity index (χ3n) is 2.09. The van der Waals surface area contributed by atoms with Crippen LogP contribution in [0.3, 0.4) is 0 Å². The van der Waals surface area contributed by atoms with Crippen molar-refractivity contribution in [2.45, 2.75) is 19.9 Å². The van der Waals surface area contributed by atoms with E-state index >= 15 is 0 Å². The molecule has 0 amide bonds. The van der Waals surface area contributed by atoms with E-state index in [1.807, 2.05) is 0 Å². The molecule has 1 unspecified atom stereocenters. The van der Waals surface area contributed by atoms with E-state index in [9.17, 15) is 0 Å². The van der Waals surface area contributed by atoms with Crippen LogP contribution in [-0.4, -0.2) is 51.3 Å². The first kappa shape index (κ1) is 11.9. The van der Waals surface area contributed by atoms with Crippen LogP contribution in [0.25, 0.3) is 0 Å². The summed E-state index contributed by atoms with van der Waals surface area (Å²) in [6, 6.07) is 0.583. The van der Waals surface area contributed by atoms with E-state index in [1.54, 1.807) is 7.11 Å². The molecule has 1 atom stereocenters. The Morgan fingerprint density at radius 1 is 1.50 bits per heavy atom. The Hall–Kier alpha value is -0.120. The van der Waals surface area contributed by atoms with E-state index in [-0.39, 0.29) is 0 Å². The van der Waals surface area contributed by atoms with Gasteiger partial charge in [0.2, 0.25) is 0 Å². The van der Waals surface area contributed by atoms with Gasteiger partial charge >= 0.3 is 0 Å². The standard InChI is InChI=1S/C9H22N2O/c1-5-10-8-9(2)11(3)6-7-12-4/h9-10H,5-8H2,1-4H3. The number of hydrogen-bond acceptors (Lipinski definition) is 3. The van der Waals surface area contributed by atoms with Crippen molar-refractivity contribution in [3.05, 3.63) is 0 Å². The lowest BCUT2D eigenvalue weighted by molar-refractivity contribution is 0.142. The van der Waals surface area contributed by atoms with Gasteiger partial charge in [-0.15, -0.1) is 0 Å². The smallest absolute Gasteiger partial charge is 0.0589 e. The Labute approximate surface area is 76.1 Å². The van der Waals surface area contributed by atoms with Crippen molar-refractivity contribution in [2.24, 2.45) is 0 Å². The summed E-state index contributed by atoms with van der Waals surface area (Å²) in [4.78, 5) is 2.30. The summed E-state index contributed by atoms with van der Waals surface area (Å²) in [6.45, 7) is 8.26. The van der Waals surface area contributed by atoms with Crippen LogP contribution in [0.1, 0.15) is 13.8 Å². The van der Waals surface area contributed by atoms with Crippen molar-refractivity contribution in [2.75, 3.05) is 40.4 Å². The lowest BCUT2D eigenvalue weighted by Gasteiger charge is -2.24. The average molecular weight is 174 g/mol. The highest BCUT2D eigenvalue weighted by Gasteiger charge is 2.06. The van der Waals surface area contributed by atoms with Crippen LogP contribution in [0.2, 0.25) is 0 Å². The number of likely N-dealkylation sites (N-methyl/N-ethyl adjacent to an activating group) is 2. The Kier molecular flexibility index (Phi) is 7.45. The summed E-state index contributed by atoms with van der Waals surface area (Å²) in [5.74, 6) is 0. The molecule has 3 nitrogen and oxygen atoms in total. The maximum absolute atomic E-state index is 5.01. The van der Waals surface area contributed by atoms with Crippen LogP contribution >= 0.6 is 0 Å². The first-order valence-electron chi connectivity index (χ1n) is 4.62. The topological polar surface area (TPSA) is 24.5 Å². The van der Waals surface area contributed by atoms with E-state index in [0.29, 0.717) is 6.04 Å². The molecule has 0 bridgehead atoms. The van der Waals surface area contributed by atoms with E-state index < -0.39 is 0 Å². The highest BCUT2D eigenvalue weighted by atomic mass is 16.5. The molecule has 0 aromatic heterocycles. The van der Waals surface area contributed by atoms with Gasteiger partial charge in [-0.25, -0.2) is 0 Å². The molecule has 0 rings (SSSR count). The van der Waals surface area contributed by atoms with Crippen LogP contribution < -0.4 is 5.32 Å². The predicted octanol–water partition coefficient (Wildman–Crippen LogP) is 0.563. The minimum atomic E-state index is 0.583. The van der Waals surface area contributed by atoms with Gasteiger partial charge in [-0.05, 0) is 20.5 Å². The molecular weight excluding hydrogens is 152 g/mol. The van der Waals surface area contributed by atoms with Gasteiger partial charge in [0.05, 0.1) is 6.61 Å². The van der Waals surface area contributed by atoms with Crippen molar-refractivity contribution in [1.29, 1.82) is 0 Å². The van der Waals surface area contributed by atoms with Crippen molar-refractivity contribution in [3.63, 3.8) is 0 Å². The van der Waals surface area contributed by atoms with Crippen molar-refractivity contribution >= 4 is 0 Å². The van der Waals surface area contributed by atoms with Crippen LogP contribution in [0.15, 0.2) is 0 Å². The van der Waals surface area contributed by atoms with E-state index in [2.05, 4.69) is 31.1 Å². The fourth-order valence-electron chi connectivity index (χ4n) is 0.965. The summed E-state index contributed by atoms with van der Waals surface area (Å²) in [5, 5.41) is 3.32. The number of methoxy groups -OCH3 is 1. The second-order valence-corrected chi connectivity index (χ2v) is 3.13. The molecule has 0 heterocycles. The zero-order chi connectivity index (χ0) is 9.40. The molecule has 1 N–H and O–H groups in total. The number of nitrogens with one attached hydrogen (secondary N) is 1. The zero-order valence-corrected chi connectivity index (χ0v) is 8.76. The van der Waals surface area contributed by atoms with Gasteiger partial charge in [-0.2, -0.15) is 0 Å². The first-order valence-corrected chi connectivity index (χ1v) is 4.62. The molecule has 0 aliphatic carbocycles. The second-order valence-electron chi connectivity index (χ2n) is 3.13. The summed E-state index contributed by atoms with van der Waals surface area (Å²) in [7, 11) is 3.86. The Morgan fingerprint density at radius 3 is 2.67 bits per heavy atom. The van der Waals surface area contributed by atoms with Gasteiger partial charge in [-0.3, -0.25) is 0 Å². The quantitative estimate of drug-likeness (QED) is 0.610. The number of ether oxygens (including phenoxy) is 1. The molecule has 0 aliphatic heterocycles. The van der Waals surface area contributed by atoms with Crippen LogP contribution in [0, 0.1) is 0 Å². The first-order chi connectivity index (χ1) is 5.72. The monoisotopic (exact) mass is 174 g/mol. The maximum atomic E-state index is 5.01. The number of hydrogen-bond donors (Lipinski definition) is 1. The van der Waals surface area contributed by atoms with Gasteiger partial charge in [0.15, 0.2) is 0 Å². The van der Waals surface area contributed by atoms with Crippen LogP contribution in [0.4, 0.5) is 0 Å². The summed E-state index contributed by atoms with van der Waals surface area (Å²) in [5.41, 5.74) is 0. The lowest BCUT2D eigenvalue weighted by Crippen LogP contribution is -2.39. The fourth-order valence-corrected chi connectivity index (χ4v) is 0.965. The van der Waals surface area contributed by atoms with Crippen molar-refractivity contribution in [3.8, 4) is 0 Å².